The molecule has 0 aliphatic carbocycles. The van der Waals surface area contributed by atoms with Crippen molar-refractivity contribution in [1.82, 2.24) is 15.2 Å². The highest BCUT2D eigenvalue weighted by Gasteiger charge is 2.14. The fourth-order valence-corrected chi connectivity index (χ4v) is 2.88. The number of nitrogens with zero attached hydrogens (tertiary/aromatic N) is 2. The van der Waals surface area contributed by atoms with Crippen molar-refractivity contribution < 1.29 is 9.59 Å². The number of amides is 2. The summed E-state index contributed by atoms with van der Waals surface area (Å²) in [5, 5.41) is 0. The Morgan fingerprint density at radius 3 is 2.50 bits per heavy atom. The number of hydrazine groups is 1. The van der Waals surface area contributed by atoms with Crippen LogP contribution in [0, 0.1) is 0 Å². The summed E-state index contributed by atoms with van der Waals surface area (Å²) in [6.45, 7) is 6.40. The molecule has 0 fully saturated rings. The van der Waals surface area contributed by atoms with Crippen molar-refractivity contribution in [2.75, 3.05) is 26.7 Å². The molecule has 0 aliphatic heterocycles. The predicted molar refractivity (Wildman–Crippen MR) is 80.2 cm³/mol. The summed E-state index contributed by atoms with van der Waals surface area (Å²) in [4.78, 5) is 28.7. The Morgan fingerprint density at radius 2 is 1.95 bits per heavy atom. The molecule has 0 radical (unpaired) electrons. The van der Waals surface area contributed by atoms with Gasteiger partial charge >= 0.3 is 0 Å². The minimum absolute atomic E-state index is 0.119. The van der Waals surface area contributed by atoms with E-state index in [-0.39, 0.29) is 11.8 Å². The lowest BCUT2D eigenvalue weighted by Gasteiger charge is -2.22. The lowest BCUT2D eigenvalue weighted by Crippen LogP contribution is -2.38. The van der Waals surface area contributed by atoms with Crippen molar-refractivity contribution in [2.45, 2.75) is 20.4 Å². The van der Waals surface area contributed by atoms with Crippen molar-refractivity contribution >= 4 is 23.2 Å². The molecule has 112 valence electrons. The second-order valence-electron chi connectivity index (χ2n) is 4.48. The molecule has 20 heavy (non-hydrogen) atoms. The van der Waals surface area contributed by atoms with E-state index >= 15 is 0 Å². The lowest BCUT2D eigenvalue weighted by molar-refractivity contribution is -0.131. The maximum atomic E-state index is 12.0. The molecule has 1 rings (SSSR count). The molecule has 0 saturated heterocycles. The predicted octanol–water partition coefficient (Wildman–Crippen LogP) is 0.652. The number of rotatable bonds is 7. The van der Waals surface area contributed by atoms with Gasteiger partial charge in [0.05, 0.1) is 11.4 Å². The third-order valence-corrected chi connectivity index (χ3v) is 4.03. The largest absolute Gasteiger partial charge is 0.342 e. The molecule has 6 nitrogen and oxygen atoms in total. The summed E-state index contributed by atoms with van der Waals surface area (Å²) in [7, 11) is 1.89. The van der Waals surface area contributed by atoms with Crippen LogP contribution in [-0.2, 0) is 11.3 Å². The minimum Gasteiger partial charge on any atom is -0.342 e. The number of nitrogens with one attached hydrogen (secondary N) is 1. The van der Waals surface area contributed by atoms with Crippen LogP contribution in [0.1, 0.15) is 28.4 Å². The van der Waals surface area contributed by atoms with Crippen molar-refractivity contribution in [3.05, 3.63) is 21.9 Å². The van der Waals surface area contributed by atoms with E-state index in [1.807, 2.05) is 31.9 Å². The van der Waals surface area contributed by atoms with Crippen LogP contribution in [0.5, 0.6) is 0 Å². The van der Waals surface area contributed by atoms with E-state index in [0.717, 1.165) is 18.0 Å². The van der Waals surface area contributed by atoms with Crippen LogP contribution >= 0.6 is 11.3 Å². The average Bonchev–Trinajstić information content (AvgIpc) is 2.87. The summed E-state index contributed by atoms with van der Waals surface area (Å²) >= 11 is 1.38. The van der Waals surface area contributed by atoms with Gasteiger partial charge in [0.15, 0.2) is 0 Å². The zero-order valence-electron chi connectivity index (χ0n) is 12.2. The summed E-state index contributed by atoms with van der Waals surface area (Å²) in [5.74, 6) is 4.92. The van der Waals surface area contributed by atoms with Gasteiger partial charge in [-0.05, 0) is 33.0 Å². The molecule has 0 spiro atoms. The molecule has 3 N–H and O–H groups in total. The molecule has 1 aromatic heterocycles. The van der Waals surface area contributed by atoms with Crippen molar-refractivity contribution in [1.29, 1.82) is 0 Å². The Morgan fingerprint density at radius 1 is 1.30 bits per heavy atom. The number of nitrogens with two attached hydrogens (primary N) is 1. The molecule has 0 bridgehead atoms. The quantitative estimate of drug-likeness (QED) is 0.440. The Balaban J connectivity index is 2.54. The summed E-state index contributed by atoms with van der Waals surface area (Å²) in [6.07, 6.45) is 0. The Hall–Kier alpha value is -1.44. The van der Waals surface area contributed by atoms with Crippen molar-refractivity contribution in [3.8, 4) is 0 Å². The normalized spacial score (nSPS) is 10.7. The van der Waals surface area contributed by atoms with Gasteiger partial charge in [-0.2, -0.15) is 0 Å². The topological polar surface area (TPSA) is 78.7 Å². The Labute approximate surface area is 123 Å². The van der Waals surface area contributed by atoms with Crippen LogP contribution in [0.25, 0.3) is 0 Å². The summed E-state index contributed by atoms with van der Waals surface area (Å²) in [6, 6.07) is 3.62. The van der Waals surface area contributed by atoms with Gasteiger partial charge in [0.1, 0.15) is 0 Å². The maximum absolute atomic E-state index is 12.0. The summed E-state index contributed by atoms with van der Waals surface area (Å²) < 4.78 is 0. The van der Waals surface area contributed by atoms with Crippen LogP contribution in [-0.4, -0.2) is 48.3 Å². The van der Waals surface area contributed by atoms with Gasteiger partial charge in [0.2, 0.25) is 5.91 Å². The first-order valence-corrected chi connectivity index (χ1v) is 7.39. The van der Waals surface area contributed by atoms with Crippen LogP contribution in [0.2, 0.25) is 0 Å². The van der Waals surface area contributed by atoms with E-state index in [4.69, 9.17) is 5.84 Å². The van der Waals surface area contributed by atoms with E-state index in [1.54, 1.807) is 11.0 Å². The van der Waals surface area contributed by atoms with Crippen molar-refractivity contribution in [3.63, 3.8) is 0 Å². The standard InChI is InChI=1S/C13H22N4O2S/c1-4-17(5-2)12(18)9-16(3)8-10-6-7-11(20-10)13(19)15-14/h6-7H,4-5,8-9,14H2,1-3H3,(H,15,19). The molecular formula is C13H22N4O2S. The third kappa shape index (κ3) is 4.59. The van der Waals surface area contributed by atoms with E-state index in [0.29, 0.717) is 18.0 Å². The zero-order valence-corrected chi connectivity index (χ0v) is 13.0. The SMILES string of the molecule is CCN(CC)C(=O)CN(C)Cc1ccc(C(=O)NN)s1. The highest BCUT2D eigenvalue weighted by atomic mass is 32.1. The van der Waals surface area contributed by atoms with Crippen LogP contribution in [0.3, 0.4) is 0 Å². The third-order valence-electron chi connectivity index (χ3n) is 2.96. The zero-order chi connectivity index (χ0) is 15.1. The van der Waals surface area contributed by atoms with Gasteiger partial charge in [0, 0.05) is 24.5 Å². The van der Waals surface area contributed by atoms with Gasteiger partial charge in [-0.3, -0.25) is 19.9 Å². The molecular weight excluding hydrogens is 276 g/mol. The molecule has 2 amide bonds. The molecule has 0 aromatic carbocycles. The molecule has 7 heteroatoms. The number of hydrogen-bond acceptors (Lipinski definition) is 5. The van der Waals surface area contributed by atoms with Crippen LogP contribution in [0.15, 0.2) is 12.1 Å². The van der Waals surface area contributed by atoms with Crippen LogP contribution < -0.4 is 11.3 Å². The number of carbonyl (C=O) groups excluding carboxylic acids is 2. The average molecular weight is 298 g/mol. The molecule has 0 aliphatic rings. The number of thiophene rings is 1. The molecule has 1 aromatic rings. The van der Waals surface area contributed by atoms with Crippen LogP contribution in [0.4, 0.5) is 0 Å². The van der Waals surface area contributed by atoms with Gasteiger partial charge in [-0.1, -0.05) is 0 Å². The number of hydrogen-bond donors (Lipinski definition) is 2. The second-order valence-corrected chi connectivity index (χ2v) is 5.65. The van der Waals surface area contributed by atoms with Gasteiger partial charge in [-0.25, -0.2) is 5.84 Å². The number of carbonyl (C=O) groups is 2. The minimum atomic E-state index is -0.289. The first-order valence-electron chi connectivity index (χ1n) is 6.57. The Kier molecular flexibility index (Phi) is 6.63. The van der Waals surface area contributed by atoms with E-state index in [1.165, 1.54) is 11.3 Å². The molecule has 0 unspecified atom stereocenters. The van der Waals surface area contributed by atoms with E-state index in [9.17, 15) is 9.59 Å². The maximum Gasteiger partial charge on any atom is 0.275 e. The highest BCUT2D eigenvalue weighted by molar-refractivity contribution is 7.14. The number of nitrogen functional groups attached to an aromatic ring is 1. The van der Waals surface area contributed by atoms with Gasteiger partial charge in [0.25, 0.3) is 5.91 Å². The lowest BCUT2D eigenvalue weighted by atomic mass is 10.3. The fraction of sp³-hybridized carbons (Fsp3) is 0.538. The van der Waals surface area contributed by atoms with Crippen molar-refractivity contribution in [2.24, 2.45) is 5.84 Å². The van der Waals surface area contributed by atoms with E-state index in [2.05, 4.69) is 5.43 Å². The number of likely N-dealkylation sites (N-methyl/N-ethyl adjacent to an activating group) is 2. The van der Waals surface area contributed by atoms with E-state index < -0.39 is 0 Å². The highest BCUT2D eigenvalue weighted by Crippen LogP contribution is 2.17. The molecule has 0 atom stereocenters. The monoisotopic (exact) mass is 298 g/mol. The summed E-state index contributed by atoms with van der Waals surface area (Å²) in [5.41, 5.74) is 2.11. The molecule has 1 heterocycles. The first kappa shape index (κ1) is 16.6. The smallest absolute Gasteiger partial charge is 0.275 e. The first-order chi connectivity index (χ1) is 9.51. The van der Waals surface area contributed by atoms with Gasteiger partial charge in [-0.15, -0.1) is 11.3 Å². The second kappa shape index (κ2) is 7.98. The Bertz CT molecular complexity index is 457. The fourth-order valence-electron chi connectivity index (χ4n) is 1.89. The van der Waals surface area contributed by atoms with Gasteiger partial charge < -0.3 is 4.90 Å². The molecule has 0 saturated carbocycles.